The predicted molar refractivity (Wildman–Crippen MR) is 86.1 cm³/mol. The van der Waals surface area contributed by atoms with Gasteiger partial charge in [-0.2, -0.15) is 0 Å². The predicted octanol–water partition coefficient (Wildman–Crippen LogP) is 3.26. The first kappa shape index (κ1) is 14.3. The number of piperidine rings is 1. The smallest absolute Gasteiger partial charge is 0.109 e. The van der Waals surface area contributed by atoms with Crippen molar-refractivity contribution >= 4 is 0 Å². The number of hydrogen-bond acceptors (Lipinski definition) is 2. The fourth-order valence-corrected chi connectivity index (χ4v) is 3.32. The Morgan fingerprint density at radius 3 is 2.24 bits per heavy atom. The van der Waals surface area contributed by atoms with Crippen molar-refractivity contribution in [3.63, 3.8) is 0 Å². The molecule has 2 nitrogen and oxygen atoms in total. The molecule has 0 spiro atoms. The van der Waals surface area contributed by atoms with E-state index in [2.05, 4.69) is 17.4 Å². The molecule has 0 bridgehead atoms. The summed E-state index contributed by atoms with van der Waals surface area (Å²) in [4.78, 5) is 0. The summed E-state index contributed by atoms with van der Waals surface area (Å²) in [5, 5.41) is 15.0. The van der Waals surface area contributed by atoms with Crippen molar-refractivity contribution in [1.82, 2.24) is 5.32 Å². The van der Waals surface area contributed by atoms with Crippen LogP contribution >= 0.6 is 0 Å². The zero-order chi connectivity index (χ0) is 14.5. The van der Waals surface area contributed by atoms with Crippen LogP contribution in [0, 0.1) is 0 Å². The Morgan fingerprint density at radius 1 is 0.952 bits per heavy atom. The first-order chi connectivity index (χ1) is 10.3. The molecule has 1 aliphatic heterocycles. The van der Waals surface area contributed by atoms with Gasteiger partial charge in [-0.15, -0.1) is 0 Å². The third-order valence-corrected chi connectivity index (χ3v) is 4.48. The van der Waals surface area contributed by atoms with Gasteiger partial charge in [0.05, 0.1) is 0 Å². The summed E-state index contributed by atoms with van der Waals surface area (Å²) in [5.41, 5.74) is 1.34. The molecule has 2 unspecified atom stereocenters. The minimum absolute atomic E-state index is 0.119. The first-order valence-corrected chi connectivity index (χ1v) is 7.84. The van der Waals surface area contributed by atoms with Gasteiger partial charge in [-0.25, -0.2) is 0 Å². The Kier molecular flexibility index (Phi) is 4.37. The van der Waals surface area contributed by atoms with Crippen LogP contribution in [0.3, 0.4) is 0 Å². The molecular weight excluding hydrogens is 258 g/mol. The highest BCUT2D eigenvalue weighted by Crippen LogP contribution is 2.33. The molecule has 1 aliphatic rings. The van der Waals surface area contributed by atoms with Gasteiger partial charge in [0.25, 0.3) is 0 Å². The Labute approximate surface area is 126 Å². The molecule has 0 aromatic heterocycles. The van der Waals surface area contributed by atoms with E-state index in [9.17, 15) is 5.11 Å². The summed E-state index contributed by atoms with van der Waals surface area (Å²) in [6.45, 7) is 0.995. The van der Waals surface area contributed by atoms with Crippen LogP contribution in [0.1, 0.15) is 30.4 Å². The second-order valence-electron chi connectivity index (χ2n) is 5.96. The third kappa shape index (κ3) is 3.17. The molecule has 0 radical (unpaired) electrons. The summed E-state index contributed by atoms with van der Waals surface area (Å²) in [7, 11) is 0. The van der Waals surface area contributed by atoms with Gasteiger partial charge in [0.15, 0.2) is 0 Å². The quantitative estimate of drug-likeness (QED) is 0.901. The maximum absolute atomic E-state index is 11.5. The molecule has 3 rings (SSSR count). The van der Waals surface area contributed by atoms with Gasteiger partial charge in [-0.1, -0.05) is 67.1 Å². The fraction of sp³-hybridized carbons (Fsp3) is 0.368. The SMILES string of the molecule is OC(Cc1ccccc1)(c1ccccc1)C1CCCCN1. The Balaban J connectivity index is 1.94. The number of rotatable bonds is 4. The average Bonchev–Trinajstić information content (AvgIpc) is 2.57. The van der Waals surface area contributed by atoms with E-state index < -0.39 is 5.60 Å². The number of hydrogen-bond donors (Lipinski definition) is 2. The maximum Gasteiger partial charge on any atom is 0.109 e. The van der Waals surface area contributed by atoms with E-state index in [1.165, 1.54) is 18.4 Å². The van der Waals surface area contributed by atoms with Crippen molar-refractivity contribution in [2.24, 2.45) is 0 Å². The van der Waals surface area contributed by atoms with E-state index in [1.54, 1.807) is 0 Å². The van der Waals surface area contributed by atoms with Crippen molar-refractivity contribution in [2.45, 2.75) is 37.3 Å². The molecule has 2 N–H and O–H groups in total. The van der Waals surface area contributed by atoms with Crippen LogP contribution in [0.15, 0.2) is 60.7 Å². The summed E-state index contributed by atoms with van der Waals surface area (Å²) in [5.74, 6) is 0. The fourth-order valence-electron chi connectivity index (χ4n) is 3.32. The van der Waals surface area contributed by atoms with E-state index in [0.29, 0.717) is 6.42 Å². The molecule has 2 aromatic rings. The molecular formula is C19H23NO. The van der Waals surface area contributed by atoms with Crippen molar-refractivity contribution in [3.05, 3.63) is 71.8 Å². The van der Waals surface area contributed by atoms with Gasteiger partial charge in [0.2, 0.25) is 0 Å². The van der Waals surface area contributed by atoms with Crippen molar-refractivity contribution < 1.29 is 5.11 Å². The van der Waals surface area contributed by atoms with E-state index in [-0.39, 0.29) is 6.04 Å². The molecule has 110 valence electrons. The average molecular weight is 281 g/mol. The Hall–Kier alpha value is -1.64. The minimum atomic E-state index is -0.844. The van der Waals surface area contributed by atoms with Crippen LogP contribution in [-0.2, 0) is 12.0 Å². The van der Waals surface area contributed by atoms with Crippen LogP contribution < -0.4 is 5.32 Å². The lowest BCUT2D eigenvalue weighted by atomic mass is 9.78. The van der Waals surface area contributed by atoms with E-state index in [4.69, 9.17) is 0 Å². The zero-order valence-electron chi connectivity index (χ0n) is 12.3. The second-order valence-corrected chi connectivity index (χ2v) is 5.96. The van der Waals surface area contributed by atoms with Crippen LogP contribution in [0.2, 0.25) is 0 Å². The van der Waals surface area contributed by atoms with Gasteiger partial charge >= 0.3 is 0 Å². The van der Waals surface area contributed by atoms with Gasteiger partial charge in [-0.05, 0) is 30.5 Å². The number of benzene rings is 2. The monoisotopic (exact) mass is 281 g/mol. The maximum atomic E-state index is 11.5. The molecule has 2 atom stereocenters. The topological polar surface area (TPSA) is 32.3 Å². The van der Waals surface area contributed by atoms with E-state index in [0.717, 1.165) is 18.5 Å². The van der Waals surface area contributed by atoms with Crippen LogP contribution in [0.4, 0.5) is 0 Å². The largest absolute Gasteiger partial charge is 0.383 e. The lowest BCUT2D eigenvalue weighted by Crippen LogP contribution is -2.52. The van der Waals surface area contributed by atoms with Gasteiger partial charge < -0.3 is 10.4 Å². The summed E-state index contributed by atoms with van der Waals surface area (Å²) in [6.07, 6.45) is 4.06. The molecule has 0 aliphatic carbocycles. The van der Waals surface area contributed by atoms with Gasteiger partial charge in [-0.3, -0.25) is 0 Å². The molecule has 0 saturated carbocycles. The number of aliphatic hydroxyl groups is 1. The van der Waals surface area contributed by atoms with Crippen LogP contribution in [-0.4, -0.2) is 17.7 Å². The normalized spacial score (nSPS) is 21.7. The standard InChI is InChI=1S/C19H23NO/c21-19(17-11-5-2-6-12-17,18-13-7-8-14-20-18)15-16-9-3-1-4-10-16/h1-6,9-12,18,20-21H,7-8,13-15H2. The van der Waals surface area contributed by atoms with Crippen molar-refractivity contribution in [2.75, 3.05) is 6.54 Å². The first-order valence-electron chi connectivity index (χ1n) is 7.84. The Bertz CT molecular complexity index is 548. The molecule has 1 saturated heterocycles. The highest BCUT2D eigenvalue weighted by molar-refractivity contribution is 5.29. The highest BCUT2D eigenvalue weighted by Gasteiger charge is 2.38. The van der Waals surface area contributed by atoms with E-state index in [1.807, 2.05) is 48.5 Å². The van der Waals surface area contributed by atoms with E-state index >= 15 is 0 Å². The lowest BCUT2D eigenvalue weighted by molar-refractivity contribution is -0.0121. The highest BCUT2D eigenvalue weighted by atomic mass is 16.3. The summed E-state index contributed by atoms with van der Waals surface area (Å²) >= 11 is 0. The number of nitrogens with one attached hydrogen (secondary N) is 1. The van der Waals surface area contributed by atoms with Gasteiger partial charge in [0.1, 0.15) is 5.60 Å². The van der Waals surface area contributed by atoms with Gasteiger partial charge in [0, 0.05) is 12.5 Å². The lowest BCUT2D eigenvalue weighted by Gasteiger charge is -2.40. The third-order valence-electron chi connectivity index (χ3n) is 4.48. The van der Waals surface area contributed by atoms with Crippen molar-refractivity contribution in [1.29, 1.82) is 0 Å². The Morgan fingerprint density at radius 2 is 1.62 bits per heavy atom. The van der Waals surface area contributed by atoms with Crippen molar-refractivity contribution in [3.8, 4) is 0 Å². The minimum Gasteiger partial charge on any atom is -0.383 e. The zero-order valence-corrected chi connectivity index (χ0v) is 12.3. The molecule has 1 heterocycles. The summed E-state index contributed by atoms with van der Waals surface area (Å²) < 4.78 is 0. The molecule has 21 heavy (non-hydrogen) atoms. The molecule has 1 fully saturated rings. The molecule has 2 heteroatoms. The molecule has 2 aromatic carbocycles. The molecule has 0 amide bonds. The summed E-state index contributed by atoms with van der Waals surface area (Å²) in [6, 6.07) is 20.5. The second kappa shape index (κ2) is 6.42. The van der Waals surface area contributed by atoms with Crippen LogP contribution in [0.25, 0.3) is 0 Å². The van der Waals surface area contributed by atoms with Crippen LogP contribution in [0.5, 0.6) is 0 Å².